The first-order chi connectivity index (χ1) is 13.0. The molecule has 0 atom stereocenters. The molecule has 1 N–H and O–H groups in total. The molecule has 0 radical (unpaired) electrons. The summed E-state index contributed by atoms with van der Waals surface area (Å²) in [6.45, 7) is 3.56. The molecule has 4 nitrogen and oxygen atoms in total. The highest BCUT2D eigenvalue weighted by Gasteiger charge is 2.20. The van der Waals surface area contributed by atoms with Crippen LogP contribution in [0.4, 0.5) is 0 Å². The number of ketones is 1. The van der Waals surface area contributed by atoms with Gasteiger partial charge in [0.1, 0.15) is 11.5 Å². The highest BCUT2D eigenvalue weighted by molar-refractivity contribution is 7.98. The van der Waals surface area contributed by atoms with Crippen molar-refractivity contribution in [2.45, 2.75) is 24.5 Å². The average molecular weight is 381 g/mol. The maximum atomic E-state index is 12.3. The Morgan fingerprint density at radius 2 is 1.52 bits per heavy atom. The Hall–Kier alpha value is -2.66. The van der Waals surface area contributed by atoms with Crippen LogP contribution in [-0.2, 0) is 5.75 Å². The molecular formula is C22H23NO3S. The van der Waals surface area contributed by atoms with Gasteiger partial charge in [0, 0.05) is 16.3 Å². The molecule has 0 amide bonds. The van der Waals surface area contributed by atoms with Crippen molar-refractivity contribution in [1.82, 2.24) is 4.98 Å². The third kappa shape index (κ3) is 4.19. The van der Waals surface area contributed by atoms with Crippen LogP contribution in [0, 0.1) is 6.92 Å². The van der Waals surface area contributed by atoms with Crippen LogP contribution in [0.1, 0.15) is 28.5 Å². The standard InChI is InChI=1S/C22H23NO3S/c1-14-20(15(2)24)22(27-13-16-5-9-18(25-3)10-6-16)21(23-14)17-7-11-19(26-4)12-8-17/h5-12,23H,13H2,1-4H3. The number of Topliss-reactive ketones (excluding diaryl/α,β-unsaturated/α-hetero) is 1. The number of nitrogens with one attached hydrogen (secondary N) is 1. The van der Waals surface area contributed by atoms with Crippen LogP contribution in [-0.4, -0.2) is 25.0 Å². The minimum Gasteiger partial charge on any atom is -0.497 e. The van der Waals surface area contributed by atoms with Crippen molar-refractivity contribution in [1.29, 1.82) is 0 Å². The second-order valence-corrected chi connectivity index (χ2v) is 7.24. The van der Waals surface area contributed by atoms with Gasteiger partial charge in [-0.15, -0.1) is 11.8 Å². The Bertz CT molecular complexity index is 927. The molecule has 0 saturated heterocycles. The Morgan fingerprint density at radius 3 is 2.04 bits per heavy atom. The quantitative estimate of drug-likeness (QED) is 0.433. The van der Waals surface area contributed by atoms with Crippen molar-refractivity contribution >= 4 is 17.5 Å². The third-order valence-corrected chi connectivity index (χ3v) is 5.59. The van der Waals surface area contributed by atoms with E-state index in [1.165, 1.54) is 5.56 Å². The summed E-state index contributed by atoms with van der Waals surface area (Å²) >= 11 is 1.67. The number of aromatic nitrogens is 1. The van der Waals surface area contributed by atoms with Gasteiger partial charge in [0.05, 0.1) is 25.5 Å². The maximum Gasteiger partial charge on any atom is 0.162 e. The van der Waals surface area contributed by atoms with E-state index in [0.717, 1.165) is 44.7 Å². The zero-order valence-corrected chi connectivity index (χ0v) is 16.8. The number of H-pyrrole nitrogens is 1. The fraction of sp³-hybridized carbons (Fsp3) is 0.227. The Morgan fingerprint density at radius 1 is 0.963 bits per heavy atom. The summed E-state index contributed by atoms with van der Waals surface area (Å²) in [6, 6.07) is 15.9. The molecule has 140 valence electrons. The first kappa shape index (κ1) is 19.1. The molecular weight excluding hydrogens is 358 g/mol. The Labute approximate surface area is 163 Å². The van der Waals surface area contributed by atoms with Crippen LogP contribution in [0.25, 0.3) is 11.3 Å². The molecule has 2 aromatic carbocycles. The van der Waals surface area contributed by atoms with Crippen LogP contribution in [0.3, 0.4) is 0 Å². The predicted octanol–water partition coefficient (Wildman–Crippen LogP) is 5.50. The van der Waals surface area contributed by atoms with E-state index in [-0.39, 0.29) is 5.78 Å². The summed E-state index contributed by atoms with van der Waals surface area (Å²) in [6.07, 6.45) is 0. The lowest BCUT2D eigenvalue weighted by molar-refractivity contribution is 0.101. The number of aryl methyl sites for hydroxylation is 1. The summed E-state index contributed by atoms with van der Waals surface area (Å²) in [5.41, 5.74) is 4.84. The van der Waals surface area contributed by atoms with Crippen LogP contribution in [0.2, 0.25) is 0 Å². The highest BCUT2D eigenvalue weighted by atomic mass is 32.2. The van der Waals surface area contributed by atoms with Gasteiger partial charge < -0.3 is 14.5 Å². The van der Waals surface area contributed by atoms with Crippen molar-refractivity contribution < 1.29 is 14.3 Å². The largest absolute Gasteiger partial charge is 0.497 e. The van der Waals surface area contributed by atoms with E-state index in [1.807, 2.05) is 55.5 Å². The highest BCUT2D eigenvalue weighted by Crippen LogP contribution is 2.38. The summed E-state index contributed by atoms with van der Waals surface area (Å²) in [7, 11) is 3.31. The van der Waals surface area contributed by atoms with Crippen molar-refractivity contribution in [2.75, 3.05) is 14.2 Å². The number of thioether (sulfide) groups is 1. The van der Waals surface area contributed by atoms with Crippen LogP contribution in [0.5, 0.6) is 11.5 Å². The van der Waals surface area contributed by atoms with Gasteiger partial charge in [0.2, 0.25) is 0 Å². The number of aromatic amines is 1. The topological polar surface area (TPSA) is 51.3 Å². The van der Waals surface area contributed by atoms with Crippen LogP contribution >= 0.6 is 11.8 Å². The van der Waals surface area contributed by atoms with E-state index in [9.17, 15) is 4.79 Å². The minimum atomic E-state index is 0.0701. The number of carbonyl (C=O) groups is 1. The number of rotatable bonds is 7. The van der Waals surface area contributed by atoms with Gasteiger partial charge >= 0.3 is 0 Å². The Kier molecular flexibility index (Phi) is 5.91. The molecule has 5 heteroatoms. The zero-order valence-electron chi connectivity index (χ0n) is 16.0. The number of methoxy groups -OCH3 is 2. The second-order valence-electron chi connectivity index (χ2n) is 6.25. The molecule has 0 bridgehead atoms. The molecule has 1 heterocycles. The van der Waals surface area contributed by atoms with Crippen LogP contribution in [0.15, 0.2) is 53.4 Å². The van der Waals surface area contributed by atoms with E-state index >= 15 is 0 Å². The maximum absolute atomic E-state index is 12.3. The van der Waals surface area contributed by atoms with Crippen molar-refractivity contribution in [3.8, 4) is 22.8 Å². The number of benzene rings is 2. The molecule has 0 spiro atoms. The van der Waals surface area contributed by atoms with Crippen LogP contribution < -0.4 is 9.47 Å². The summed E-state index contributed by atoms with van der Waals surface area (Å²) in [5, 5.41) is 0. The lowest BCUT2D eigenvalue weighted by Crippen LogP contribution is -1.95. The number of hydrogen-bond acceptors (Lipinski definition) is 4. The van der Waals surface area contributed by atoms with Crippen molar-refractivity contribution in [3.05, 3.63) is 65.4 Å². The van der Waals surface area contributed by atoms with E-state index in [2.05, 4.69) is 4.98 Å². The third-order valence-electron chi connectivity index (χ3n) is 4.41. The first-order valence-electron chi connectivity index (χ1n) is 8.67. The van der Waals surface area contributed by atoms with Gasteiger partial charge in [-0.05, 0) is 61.4 Å². The fourth-order valence-corrected chi connectivity index (χ4v) is 4.27. The first-order valence-corrected chi connectivity index (χ1v) is 9.65. The second kappa shape index (κ2) is 8.35. The molecule has 3 rings (SSSR count). The fourth-order valence-electron chi connectivity index (χ4n) is 3.01. The minimum absolute atomic E-state index is 0.0701. The van der Waals surface area contributed by atoms with E-state index in [4.69, 9.17) is 9.47 Å². The molecule has 3 aromatic rings. The molecule has 0 unspecified atom stereocenters. The Balaban J connectivity index is 1.94. The molecule has 0 aliphatic rings. The normalized spacial score (nSPS) is 10.7. The van der Waals surface area contributed by atoms with E-state index in [1.54, 1.807) is 32.9 Å². The van der Waals surface area contributed by atoms with Gasteiger partial charge in [0.25, 0.3) is 0 Å². The van der Waals surface area contributed by atoms with E-state index in [0.29, 0.717) is 0 Å². The van der Waals surface area contributed by atoms with Gasteiger partial charge in [-0.2, -0.15) is 0 Å². The average Bonchev–Trinajstić information content (AvgIpc) is 3.03. The summed E-state index contributed by atoms with van der Waals surface area (Å²) in [5.74, 6) is 2.48. The molecule has 27 heavy (non-hydrogen) atoms. The number of ether oxygens (including phenoxy) is 2. The van der Waals surface area contributed by atoms with E-state index < -0.39 is 0 Å². The summed E-state index contributed by atoms with van der Waals surface area (Å²) < 4.78 is 10.5. The molecule has 0 aliphatic carbocycles. The molecule has 1 aromatic heterocycles. The van der Waals surface area contributed by atoms with Crippen molar-refractivity contribution in [2.24, 2.45) is 0 Å². The SMILES string of the molecule is COc1ccc(CSc2c(-c3ccc(OC)cc3)[nH]c(C)c2C(C)=O)cc1. The van der Waals surface area contributed by atoms with Gasteiger partial charge in [-0.3, -0.25) is 4.79 Å². The summed E-state index contributed by atoms with van der Waals surface area (Å²) in [4.78, 5) is 16.6. The lowest BCUT2D eigenvalue weighted by Gasteiger charge is -2.08. The zero-order chi connectivity index (χ0) is 19.4. The van der Waals surface area contributed by atoms with Gasteiger partial charge in [-0.1, -0.05) is 12.1 Å². The monoisotopic (exact) mass is 381 g/mol. The lowest BCUT2D eigenvalue weighted by atomic mass is 10.1. The van der Waals surface area contributed by atoms with Crippen molar-refractivity contribution in [3.63, 3.8) is 0 Å². The molecule has 0 aliphatic heterocycles. The molecule has 0 fully saturated rings. The molecule has 0 saturated carbocycles. The number of hydrogen-bond donors (Lipinski definition) is 1. The smallest absolute Gasteiger partial charge is 0.162 e. The predicted molar refractivity (Wildman–Crippen MR) is 110 cm³/mol. The number of carbonyl (C=O) groups excluding carboxylic acids is 1. The van der Waals surface area contributed by atoms with Gasteiger partial charge in [0.15, 0.2) is 5.78 Å². The van der Waals surface area contributed by atoms with Gasteiger partial charge in [-0.25, -0.2) is 0 Å².